The number of nitrogens with zero attached hydrogens (tertiary/aromatic N) is 2. The Balaban J connectivity index is 2.94. The molecular formula is C17H20N2O2. The minimum Gasteiger partial charge on any atom is -0.490 e. The maximum absolute atomic E-state index is 8.79. The highest BCUT2D eigenvalue weighted by Crippen LogP contribution is 2.29. The SMILES string of the molecule is CCOc1cc(C=C(C#N)C#N)ccc1OCCC(C)C. The van der Waals surface area contributed by atoms with Crippen LogP contribution in [-0.4, -0.2) is 13.2 Å². The Kier molecular flexibility index (Phi) is 6.84. The number of nitriles is 2. The summed E-state index contributed by atoms with van der Waals surface area (Å²) >= 11 is 0. The molecule has 21 heavy (non-hydrogen) atoms. The van der Waals surface area contributed by atoms with Crippen LogP contribution in [0, 0.1) is 28.6 Å². The molecule has 0 saturated carbocycles. The van der Waals surface area contributed by atoms with Crippen LogP contribution in [0.1, 0.15) is 32.8 Å². The minimum absolute atomic E-state index is 0.0610. The Morgan fingerprint density at radius 3 is 2.48 bits per heavy atom. The van der Waals surface area contributed by atoms with Crippen molar-refractivity contribution >= 4 is 6.08 Å². The van der Waals surface area contributed by atoms with Gasteiger partial charge in [-0.05, 0) is 43.0 Å². The van der Waals surface area contributed by atoms with Crippen molar-refractivity contribution in [1.29, 1.82) is 10.5 Å². The molecule has 4 heteroatoms. The molecule has 0 bridgehead atoms. The van der Waals surface area contributed by atoms with Crippen LogP contribution in [0.5, 0.6) is 11.5 Å². The van der Waals surface area contributed by atoms with Crippen molar-refractivity contribution in [2.75, 3.05) is 13.2 Å². The molecular weight excluding hydrogens is 264 g/mol. The maximum Gasteiger partial charge on any atom is 0.161 e. The summed E-state index contributed by atoms with van der Waals surface area (Å²) in [5.74, 6) is 1.90. The summed E-state index contributed by atoms with van der Waals surface area (Å²) in [7, 11) is 0. The van der Waals surface area contributed by atoms with E-state index in [-0.39, 0.29) is 5.57 Å². The zero-order valence-corrected chi connectivity index (χ0v) is 12.7. The van der Waals surface area contributed by atoms with Crippen LogP contribution in [0.15, 0.2) is 23.8 Å². The average molecular weight is 284 g/mol. The normalized spacial score (nSPS) is 9.62. The lowest BCUT2D eigenvalue weighted by molar-refractivity contribution is 0.261. The Morgan fingerprint density at radius 2 is 1.90 bits per heavy atom. The smallest absolute Gasteiger partial charge is 0.161 e. The third-order valence-corrected chi connectivity index (χ3v) is 2.77. The van der Waals surface area contributed by atoms with E-state index in [1.807, 2.05) is 31.2 Å². The van der Waals surface area contributed by atoms with Crippen LogP contribution in [0.25, 0.3) is 6.08 Å². The highest BCUT2D eigenvalue weighted by atomic mass is 16.5. The zero-order chi connectivity index (χ0) is 15.7. The second-order valence-corrected chi connectivity index (χ2v) is 4.95. The number of hydrogen-bond acceptors (Lipinski definition) is 4. The molecule has 0 aliphatic heterocycles. The van der Waals surface area contributed by atoms with E-state index < -0.39 is 0 Å². The van der Waals surface area contributed by atoms with E-state index in [4.69, 9.17) is 20.0 Å². The maximum atomic E-state index is 8.79. The molecule has 110 valence electrons. The average Bonchev–Trinajstić information content (AvgIpc) is 2.46. The predicted octanol–water partition coefficient (Wildman–Crippen LogP) is 3.94. The molecule has 0 unspecified atom stereocenters. The highest BCUT2D eigenvalue weighted by Gasteiger charge is 2.07. The molecule has 0 aliphatic rings. The lowest BCUT2D eigenvalue weighted by atomic mass is 10.1. The van der Waals surface area contributed by atoms with E-state index in [0.29, 0.717) is 30.6 Å². The van der Waals surface area contributed by atoms with Gasteiger partial charge in [0.05, 0.1) is 13.2 Å². The molecule has 0 aliphatic carbocycles. The Labute approximate surface area is 126 Å². The molecule has 1 aromatic carbocycles. The summed E-state index contributed by atoms with van der Waals surface area (Å²) in [5.41, 5.74) is 0.804. The van der Waals surface area contributed by atoms with Gasteiger partial charge in [-0.2, -0.15) is 10.5 Å². The van der Waals surface area contributed by atoms with E-state index in [9.17, 15) is 0 Å². The topological polar surface area (TPSA) is 66.0 Å². The monoisotopic (exact) mass is 284 g/mol. The van der Waals surface area contributed by atoms with Gasteiger partial charge in [0.2, 0.25) is 0 Å². The number of hydrogen-bond donors (Lipinski definition) is 0. The van der Waals surface area contributed by atoms with Gasteiger partial charge in [0.25, 0.3) is 0 Å². The van der Waals surface area contributed by atoms with Gasteiger partial charge in [0.15, 0.2) is 11.5 Å². The molecule has 0 saturated heterocycles. The zero-order valence-electron chi connectivity index (χ0n) is 12.7. The first-order chi connectivity index (χ1) is 10.1. The van der Waals surface area contributed by atoms with Crippen molar-refractivity contribution in [3.8, 4) is 23.6 Å². The fraction of sp³-hybridized carbons (Fsp3) is 0.412. The van der Waals surface area contributed by atoms with Crippen molar-refractivity contribution in [2.45, 2.75) is 27.2 Å². The number of ether oxygens (including phenoxy) is 2. The van der Waals surface area contributed by atoms with Crippen molar-refractivity contribution in [3.63, 3.8) is 0 Å². The third kappa shape index (κ3) is 5.58. The van der Waals surface area contributed by atoms with Crippen LogP contribution >= 0.6 is 0 Å². The van der Waals surface area contributed by atoms with Crippen molar-refractivity contribution in [3.05, 3.63) is 29.3 Å². The summed E-state index contributed by atoms with van der Waals surface area (Å²) in [4.78, 5) is 0. The van der Waals surface area contributed by atoms with E-state index in [0.717, 1.165) is 12.0 Å². The number of allylic oxidation sites excluding steroid dienone is 1. The molecule has 0 aromatic heterocycles. The Morgan fingerprint density at radius 1 is 1.19 bits per heavy atom. The van der Waals surface area contributed by atoms with Crippen LogP contribution in [0.2, 0.25) is 0 Å². The molecule has 0 heterocycles. The summed E-state index contributed by atoms with van der Waals surface area (Å²) in [6.07, 6.45) is 2.50. The van der Waals surface area contributed by atoms with Gasteiger partial charge in [-0.1, -0.05) is 19.9 Å². The van der Waals surface area contributed by atoms with Crippen LogP contribution < -0.4 is 9.47 Å². The van der Waals surface area contributed by atoms with Crippen LogP contribution in [0.4, 0.5) is 0 Å². The molecule has 1 aromatic rings. The van der Waals surface area contributed by atoms with Gasteiger partial charge in [0, 0.05) is 0 Å². The Hall–Kier alpha value is -2.46. The quantitative estimate of drug-likeness (QED) is 0.711. The number of benzene rings is 1. The van der Waals surface area contributed by atoms with E-state index in [1.165, 1.54) is 6.08 Å². The van der Waals surface area contributed by atoms with Gasteiger partial charge in [-0.3, -0.25) is 0 Å². The molecule has 4 nitrogen and oxygen atoms in total. The molecule has 0 fully saturated rings. The predicted molar refractivity (Wildman–Crippen MR) is 81.8 cm³/mol. The largest absolute Gasteiger partial charge is 0.490 e. The fourth-order valence-electron chi connectivity index (χ4n) is 1.66. The van der Waals surface area contributed by atoms with Gasteiger partial charge < -0.3 is 9.47 Å². The minimum atomic E-state index is 0.0610. The van der Waals surface area contributed by atoms with Gasteiger partial charge >= 0.3 is 0 Å². The van der Waals surface area contributed by atoms with Gasteiger partial charge in [-0.25, -0.2) is 0 Å². The van der Waals surface area contributed by atoms with Crippen molar-refractivity contribution in [1.82, 2.24) is 0 Å². The molecule has 0 radical (unpaired) electrons. The lowest BCUT2D eigenvalue weighted by Crippen LogP contribution is -2.03. The first-order valence-corrected chi connectivity index (χ1v) is 7.02. The summed E-state index contributed by atoms with van der Waals surface area (Å²) < 4.78 is 11.3. The van der Waals surface area contributed by atoms with E-state index in [2.05, 4.69) is 13.8 Å². The number of rotatable bonds is 7. The van der Waals surface area contributed by atoms with Crippen LogP contribution in [0.3, 0.4) is 0 Å². The van der Waals surface area contributed by atoms with Crippen LogP contribution in [-0.2, 0) is 0 Å². The van der Waals surface area contributed by atoms with Gasteiger partial charge in [-0.15, -0.1) is 0 Å². The standard InChI is InChI=1S/C17H20N2O2/c1-4-20-17-10-14(9-15(11-18)12-19)5-6-16(17)21-8-7-13(2)3/h5-6,9-10,13H,4,7-8H2,1-3H3. The molecule has 0 spiro atoms. The van der Waals surface area contributed by atoms with E-state index >= 15 is 0 Å². The first kappa shape index (κ1) is 16.6. The highest BCUT2D eigenvalue weighted by molar-refractivity contribution is 5.64. The second kappa shape index (κ2) is 8.66. The second-order valence-electron chi connectivity index (χ2n) is 4.95. The lowest BCUT2D eigenvalue weighted by Gasteiger charge is -2.13. The first-order valence-electron chi connectivity index (χ1n) is 7.02. The molecule has 0 atom stereocenters. The molecule has 0 N–H and O–H groups in total. The van der Waals surface area contributed by atoms with Crippen molar-refractivity contribution in [2.24, 2.45) is 5.92 Å². The fourth-order valence-corrected chi connectivity index (χ4v) is 1.66. The summed E-state index contributed by atoms with van der Waals surface area (Å²) in [5, 5.41) is 17.6. The molecule has 0 amide bonds. The third-order valence-electron chi connectivity index (χ3n) is 2.77. The summed E-state index contributed by atoms with van der Waals surface area (Å²) in [6.45, 7) is 7.35. The van der Waals surface area contributed by atoms with Gasteiger partial charge in [0.1, 0.15) is 17.7 Å². The summed E-state index contributed by atoms with van der Waals surface area (Å²) in [6, 6.07) is 9.08. The van der Waals surface area contributed by atoms with E-state index in [1.54, 1.807) is 6.07 Å². The van der Waals surface area contributed by atoms with Crippen molar-refractivity contribution < 1.29 is 9.47 Å². The molecule has 1 rings (SSSR count). The Bertz CT molecular complexity index is 561.